The fourth-order valence-corrected chi connectivity index (χ4v) is 3.21. The van der Waals surface area contributed by atoms with E-state index in [1.165, 1.54) is 16.6 Å². The smallest absolute Gasteiger partial charge is 0.337 e. The van der Waals surface area contributed by atoms with E-state index in [9.17, 15) is 18.3 Å². The molecule has 1 aliphatic heterocycles. The molecule has 0 radical (unpaired) electrons. The van der Waals surface area contributed by atoms with Crippen LogP contribution in [0.1, 0.15) is 10.4 Å². The predicted molar refractivity (Wildman–Crippen MR) is 77.0 cm³/mol. The lowest BCUT2D eigenvalue weighted by Gasteiger charge is -2.35. The van der Waals surface area contributed by atoms with Gasteiger partial charge in [0.05, 0.1) is 17.5 Å². The number of nitrogens with zero attached hydrogens (tertiary/aromatic N) is 2. The van der Waals surface area contributed by atoms with Gasteiger partial charge in [0.1, 0.15) is 0 Å². The van der Waals surface area contributed by atoms with Crippen molar-refractivity contribution >= 4 is 33.3 Å². The maximum atomic E-state index is 11.4. The summed E-state index contributed by atoms with van der Waals surface area (Å²) >= 11 is 5.81. The SMILES string of the molecule is CS(=O)(=O)N1CCN(c2ccc(Cl)cc2C(=O)O)CC1. The summed E-state index contributed by atoms with van der Waals surface area (Å²) in [5.74, 6) is -1.05. The first kappa shape index (κ1) is 15.1. The van der Waals surface area contributed by atoms with E-state index in [-0.39, 0.29) is 5.56 Å². The molecule has 0 amide bonds. The van der Waals surface area contributed by atoms with Crippen molar-refractivity contribution < 1.29 is 18.3 Å². The van der Waals surface area contributed by atoms with Gasteiger partial charge < -0.3 is 10.0 Å². The Labute approximate surface area is 122 Å². The number of rotatable bonds is 3. The van der Waals surface area contributed by atoms with Gasteiger partial charge in [-0.3, -0.25) is 0 Å². The average Bonchev–Trinajstić information content (AvgIpc) is 2.37. The average molecular weight is 319 g/mol. The number of piperazine rings is 1. The van der Waals surface area contributed by atoms with Gasteiger partial charge in [-0.2, -0.15) is 4.31 Å². The van der Waals surface area contributed by atoms with Gasteiger partial charge in [-0.15, -0.1) is 0 Å². The number of hydrogen-bond donors (Lipinski definition) is 1. The highest BCUT2D eigenvalue weighted by atomic mass is 35.5. The molecule has 0 aliphatic carbocycles. The molecular weight excluding hydrogens is 304 g/mol. The van der Waals surface area contributed by atoms with Crippen LogP contribution in [0, 0.1) is 0 Å². The van der Waals surface area contributed by atoms with Crippen molar-refractivity contribution in [1.82, 2.24) is 4.31 Å². The van der Waals surface area contributed by atoms with E-state index in [0.717, 1.165) is 0 Å². The zero-order valence-electron chi connectivity index (χ0n) is 10.9. The van der Waals surface area contributed by atoms with Crippen LogP contribution in [0.15, 0.2) is 18.2 Å². The van der Waals surface area contributed by atoms with Crippen LogP contribution in [-0.2, 0) is 10.0 Å². The molecule has 0 atom stereocenters. The first-order valence-electron chi connectivity index (χ1n) is 6.02. The summed E-state index contributed by atoms with van der Waals surface area (Å²) < 4.78 is 24.3. The number of carboxylic acids is 1. The lowest BCUT2D eigenvalue weighted by molar-refractivity contribution is 0.0697. The normalized spacial score (nSPS) is 17.2. The zero-order chi connectivity index (χ0) is 14.9. The van der Waals surface area contributed by atoms with Crippen LogP contribution in [0.5, 0.6) is 0 Å². The van der Waals surface area contributed by atoms with Crippen molar-refractivity contribution in [1.29, 1.82) is 0 Å². The van der Waals surface area contributed by atoms with E-state index in [1.54, 1.807) is 12.1 Å². The second-order valence-corrected chi connectivity index (χ2v) is 7.03. The molecule has 1 aromatic rings. The van der Waals surface area contributed by atoms with Crippen LogP contribution in [-0.4, -0.2) is 56.2 Å². The second-order valence-electron chi connectivity index (χ2n) is 4.62. The van der Waals surface area contributed by atoms with Gasteiger partial charge in [0.25, 0.3) is 0 Å². The molecule has 0 saturated carbocycles. The molecule has 1 aromatic carbocycles. The summed E-state index contributed by atoms with van der Waals surface area (Å²) in [6.07, 6.45) is 1.17. The minimum atomic E-state index is -3.20. The number of aromatic carboxylic acids is 1. The summed E-state index contributed by atoms with van der Waals surface area (Å²) in [7, 11) is -3.20. The van der Waals surface area contributed by atoms with E-state index < -0.39 is 16.0 Å². The molecular formula is C12H15ClN2O4S. The Morgan fingerprint density at radius 1 is 1.25 bits per heavy atom. The van der Waals surface area contributed by atoms with Gasteiger partial charge in [-0.05, 0) is 18.2 Å². The molecule has 1 N–H and O–H groups in total. The quantitative estimate of drug-likeness (QED) is 0.903. The highest BCUT2D eigenvalue weighted by Crippen LogP contribution is 2.25. The number of carbonyl (C=O) groups is 1. The molecule has 0 spiro atoms. The molecule has 1 heterocycles. The van der Waals surface area contributed by atoms with Crippen LogP contribution >= 0.6 is 11.6 Å². The number of benzene rings is 1. The van der Waals surface area contributed by atoms with Crippen molar-refractivity contribution in [2.75, 3.05) is 37.3 Å². The minimum absolute atomic E-state index is 0.130. The molecule has 1 fully saturated rings. The van der Waals surface area contributed by atoms with E-state index >= 15 is 0 Å². The Balaban J connectivity index is 2.21. The monoisotopic (exact) mass is 318 g/mol. The van der Waals surface area contributed by atoms with E-state index in [0.29, 0.717) is 36.9 Å². The topological polar surface area (TPSA) is 77.9 Å². The standard InChI is InChI=1S/C12H15ClN2O4S/c1-20(18,19)15-6-4-14(5-7-15)11-3-2-9(13)8-10(11)12(16)17/h2-3,8H,4-7H2,1H3,(H,16,17). The van der Waals surface area contributed by atoms with Crippen LogP contribution in [0.25, 0.3) is 0 Å². The summed E-state index contributed by atoms with van der Waals surface area (Å²) in [5, 5.41) is 9.57. The highest BCUT2D eigenvalue weighted by molar-refractivity contribution is 7.88. The van der Waals surface area contributed by atoms with Crippen LogP contribution in [0.4, 0.5) is 5.69 Å². The molecule has 8 heteroatoms. The molecule has 6 nitrogen and oxygen atoms in total. The van der Waals surface area contributed by atoms with Gasteiger partial charge in [-0.1, -0.05) is 11.6 Å². The number of carboxylic acid groups (broad SMARTS) is 1. The number of anilines is 1. The summed E-state index contributed by atoms with van der Waals surface area (Å²) in [5.41, 5.74) is 0.695. The van der Waals surface area contributed by atoms with E-state index in [4.69, 9.17) is 11.6 Å². The molecule has 1 saturated heterocycles. The maximum absolute atomic E-state index is 11.4. The van der Waals surface area contributed by atoms with Crippen molar-refractivity contribution in [3.05, 3.63) is 28.8 Å². The van der Waals surface area contributed by atoms with Gasteiger partial charge >= 0.3 is 5.97 Å². The molecule has 0 bridgehead atoms. The Kier molecular flexibility index (Phi) is 4.22. The van der Waals surface area contributed by atoms with Crippen molar-refractivity contribution in [2.24, 2.45) is 0 Å². The summed E-state index contributed by atoms with van der Waals surface area (Å²) in [6, 6.07) is 4.69. The Morgan fingerprint density at radius 2 is 1.85 bits per heavy atom. The zero-order valence-corrected chi connectivity index (χ0v) is 12.5. The van der Waals surface area contributed by atoms with Gasteiger partial charge in [0.2, 0.25) is 10.0 Å². The third kappa shape index (κ3) is 3.23. The molecule has 20 heavy (non-hydrogen) atoms. The Bertz CT molecular complexity index is 624. The molecule has 0 aromatic heterocycles. The fraction of sp³-hybridized carbons (Fsp3) is 0.417. The van der Waals surface area contributed by atoms with Crippen molar-refractivity contribution in [3.8, 4) is 0 Å². The van der Waals surface area contributed by atoms with Crippen molar-refractivity contribution in [2.45, 2.75) is 0 Å². The predicted octanol–water partition coefficient (Wildman–Crippen LogP) is 1.12. The number of halogens is 1. The third-order valence-electron chi connectivity index (χ3n) is 3.24. The molecule has 110 valence electrons. The summed E-state index contributed by atoms with van der Waals surface area (Å²) in [6.45, 7) is 1.60. The van der Waals surface area contributed by atoms with Crippen LogP contribution < -0.4 is 4.90 Å². The van der Waals surface area contributed by atoms with E-state index in [1.807, 2.05) is 4.90 Å². The summed E-state index contributed by atoms with van der Waals surface area (Å²) in [4.78, 5) is 13.1. The lowest BCUT2D eigenvalue weighted by atomic mass is 10.1. The van der Waals surface area contributed by atoms with E-state index in [2.05, 4.69) is 0 Å². The van der Waals surface area contributed by atoms with Crippen LogP contribution in [0.3, 0.4) is 0 Å². The third-order valence-corrected chi connectivity index (χ3v) is 4.78. The lowest BCUT2D eigenvalue weighted by Crippen LogP contribution is -2.48. The number of sulfonamides is 1. The minimum Gasteiger partial charge on any atom is -0.478 e. The largest absolute Gasteiger partial charge is 0.478 e. The number of hydrogen-bond acceptors (Lipinski definition) is 4. The Morgan fingerprint density at radius 3 is 2.35 bits per heavy atom. The Hall–Kier alpha value is -1.31. The maximum Gasteiger partial charge on any atom is 0.337 e. The second kappa shape index (κ2) is 5.59. The first-order chi connectivity index (χ1) is 9.29. The molecule has 0 unspecified atom stereocenters. The fourth-order valence-electron chi connectivity index (χ4n) is 2.22. The highest BCUT2D eigenvalue weighted by Gasteiger charge is 2.25. The first-order valence-corrected chi connectivity index (χ1v) is 8.24. The molecule has 1 aliphatic rings. The van der Waals surface area contributed by atoms with Gasteiger partial charge in [-0.25, -0.2) is 13.2 Å². The van der Waals surface area contributed by atoms with Gasteiger partial charge in [0.15, 0.2) is 0 Å². The molecule has 2 rings (SSSR count). The van der Waals surface area contributed by atoms with Crippen LogP contribution in [0.2, 0.25) is 5.02 Å². The van der Waals surface area contributed by atoms with Crippen molar-refractivity contribution in [3.63, 3.8) is 0 Å². The van der Waals surface area contributed by atoms with Gasteiger partial charge in [0, 0.05) is 31.2 Å².